The van der Waals surface area contributed by atoms with Crippen molar-refractivity contribution in [3.8, 4) is 5.75 Å². The number of hydrogen-bond donors (Lipinski definition) is 2. The minimum atomic E-state index is -0.311. The van der Waals surface area contributed by atoms with Crippen molar-refractivity contribution in [2.75, 3.05) is 11.9 Å². The fourth-order valence-electron chi connectivity index (χ4n) is 2.53. The smallest absolute Gasteiger partial charge is 0.257 e. The Hall–Kier alpha value is -2.11. The summed E-state index contributed by atoms with van der Waals surface area (Å²) in [4.78, 5) is 12.2. The maximum absolute atomic E-state index is 12.2. The molecule has 0 aliphatic rings. The lowest BCUT2D eigenvalue weighted by Crippen LogP contribution is -2.34. The molecule has 0 bridgehead atoms. The zero-order chi connectivity index (χ0) is 19.5. The Morgan fingerprint density at radius 2 is 1.85 bits per heavy atom. The molecule has 27 heavy (non-hydrogen) atoms. The number of ether oxygens (including phenoxy) is 1. The van der Waals surface area contributed by atoms with Crippen molar-refractivity contribution in [3.05, 3.63) is 59.1 Å². The Morgan fingerprint density at radius 1 is 1.07 bits per heavy atom. The first-order valence-corrected chi connectivity index (χ1v) is 9.98. The summed E-state index contributed by atoms with van der Waals surface area (Å²) in [6.07, 6.45) is 6.00. The van der Waals surface area contributed by atoms with Crippen LogP contribution in [0.25, 0.3) is 0 Å². The molecule has 0 saturated carbocycles. The molecule has 0 aromatic heterocycles. The molecule has 144 valence electrons. The van der Waals surface area contributed by atoms with Crippen LogP contribution >= 0.6 is 23.8 Å². The molecule has 0 atom stereocenters. The van der Waals surface area contributed by atoms with Crippen molar-refractivity contribution in [1.29, 1.82) is 0 Å². The van der Waals surface area contributed by atoms with Crippen LogP contribution < -0.4 is 15.4 Å². The summed E-state index contributed by atoms with van der Waals surface area (Å²) in [6, 6.07) is 14.2. The average Bonchev–Trinajstić information content (AvgIpc) is 2.65. The maximum Gasteiger partial charge on any atom is 0.257 e. The van der Waals surface area contributed by atoms with Crippen LogP contribution in [0.2, 0.25) is 5.02 Å². The monoisotopic (exact) mass is 404 g/mol. The second-order valence-electron chi connectivity index (χ2n) is 6.21. The third-order valence-electron chi connectivity index (χ3n) is 3.92. The molecule has 0 spiro atoms. The van der Waals surface area contributed by atoms with Crippen molar-refractivity contribution in [2.24, 2.45) is 0 Å². The number of amides is 1. The fourth-order valence-corrected chi connectivity index (χ4v) is 2.93. The van der Waals surface area contributed by atoms with Gasteiger partial charge in [-0.15, -0.1) is 0 Å². The third-order valence-corrected chi connectivity index (χ3v) is 4.36. The van der Waals surface area contributed by atoms with Gasteiger partial charge in [-0.2, -0.15) is 0 Å². The summed E-state index contributed by atoms with van der Waals surface area (Å²) >= 11 is 11.1. The van der Waals surface area contributed by atoms with Crippen LogP contribution in [0.1, 0.15) is 49.4 Å². The van der Waals surface area contributed by atoms with Gasteiger partial charge in [-0.3, -0.25) is 10.1 Å². The van der Waals surface area contributed by atoms with Gasteiger partial charge in [-0.1, -0.05) is 56.3 Å². The van der Waals surface area contributed by atoms with Crippen LogP contribution in [0, 0.1) is 0 Å². The molecular formula is C21H25ClN2O2S. The number of carbonyl (C=O) groups is 1. The van der Waals surface area contributed by atoms with Gasteiger partial charge in [0.25, 0.3) is 5.91 Å². The van der Waals surface area contributed by atoms with Crippen LogP contribution in [0.5, 0.6) is 5.75 Å². The molecule has 1 amide bonds. The van der Waals surface area contributed by atoms with E-state index < -0.39 is 0 Å². The molecule has 0 fully saturated rings. The quantitative estimate of drug-likeness (QED) is 0.408. The summed E-state index contributed by atoms with van der Waals surface area (Å²) < 4.78 is 5.79. The number of anilines is 1. The van der Waals surface area contributed by atoms with Crippen molar-refractivity contribution >= 4 is 40.5 Å². The molecule has 0 radical (unpaired) electrons. The van der Waals surface area contributed by atoms with Crippen molar-refractivity contribution in [3.63, 3.8) is 0 Å². The summed E-state index contributed by atoms with van der Waals surface area (Å²) in [7, 11) is 0. The maximum atomic E-state index is 12.2. The SMILES string of the molecule is CCCCCCCOc1cccc(NC(=S)NC(=O)c2cccc(Cl)c2)c1. The minimum Gasteiger partial charge on any atom is -0.494 e. The highest BCUT2D eigenvalue weighted by molar-refractivity contribution is 7.80. The molecule has 0 aliphatic heterocycles. The van der Waals surface area contributed by atoms with Gasteiger partial charge in [0, 0.05) is 22.3 Å². The zero-order valence-electron chi connectivity index (χ0n) is 15.5. The van der Waals surface area contributed by atoms with E-state index in [0.29, 0.717) is 17.2 Å². The van der Waals surface area contributed by atoms with Crippen LogP contribution in [0.4, 0.5) is 5.69 Å². The highest BCUT2D eigenvalue weighted by Crippen LogP contribution is 2.18. The Labute approximate surface area is 171 Å². The van der Waals surface area contributed by atoms with Crippen LogP contribution in [0.3, 0.4) is 0 Å². The molecule has 2 aromatic rings. The van der Waals surface area contributed by atoms with Crippen molar-refractivity contribution < 1.29 is 9.53 Å². The normalized spacial score (nSPS) is 10.3. The lowest BCUT2D eigenvalue weighted by atomic mass is 10.2. The van der Waals surface area contributed by atoms with Crippen LogP contribution in [0.15, 0.2) is 48.5 Å². The third kappa shape index (κ3) is 7.97. The van der Waals surface area contributed by atoms with Gasteiger partial charge in [-0.25, -0.2) is 0 Å². The number of nitrogens with one attached hydrogen (secondary N) is 2. The van der Waals surface area contributed by atoms with E-state index in [9.17, 15) is 4.79 Å². The Bertz CT molecular complexity index is 767. The summed E-state index contributed by atoms with van der Waals surface area (Å²) in [5.41, 5.74) is 1.21. The standard InChI is InChI=1S/C21H25ClN2O2S/c1-2-3-4-5-6-13-26-19-12-8-11-18(15-19)23-21(27)24-20(25)16-9-7-10-17(22)14-16/h7-12,14-15H,2-6,13H2,1H3,(H2,23,24,25,27). The largest absolute Gasteiger partial charge is 0.494 e. The summed E-state index contributed by atoms with van der Waals surface area (Å²) in [6.45, 7) is 2.90. The first kappa shape index (κ1) is 21.2. The molecular weight excluding hydrogens is 380 g/mol. The topological polar surface area (TPSA) is 50.4 Å². The van der Waals surface area contributed by atoms with Gasteiger partial charge in [0.05, 0.1) is 6.61 Å². The second kappa shape index (κ2) is 11.6. The highest BCUT2D eigenvalue weighted by atomic mass is 35.5. The second-order valence-corrected chi connectivity index (χ2v) is 7.05. The van der Waals surface area contributed by atoms with E-state index in [2.05, 4.69) is 17.6 Å². The van der Waals surface area contributed by atoms with E-state index in [4.69, 9.17) is 28.6 Å². The van der Waals surface area contributed by atoms with Gasteiger partial charge in [0.1, 0.15) is 5.75 Å². The molecule has 0 unspecified atom stereocenters. The van der Waals surface area contributed by atoms with Gasteiger partial charge >= 0.3 is 0 Å². The Balaban J connectivity index is 1.80. The number of hydrogen-bond acceptors (Lipinski definition) is 3. The Morgan fingerprint density at radius 3 is 2.63 bits per heavy atom. The molecule has 2 rings (SSSR count). The van der Waals surface area contributed by atoms with Gasteiger partial charge in [0.15, 0.2) is 5.11 Å². The number of unbranched alkanes of at least 4 members (excludes halogenated alkanes) is 4. The average molecular weight is 405 g/mol. The highest BCUT2D eigenvalue weighted by Gasteiger charge is 2.08. The molecule has 6 heteroatoms. The number of halogens is 1. The van der Waals surface area contributed by atoms with Crippen molar-refractivity contribution in [2.45, 2.75) is 39.0 Å². The molecule has 2 aromatic carbocycles. The fraction of sp³-hybridized carbons (Fsp3) is 0.333. The zero-order valence-corrected chi connectivity index (χ0v) is 17.0. The summed E-state index contributed by atoms with van der Waals surface area (Å²) in [5.74, 6) is 0.467. The predicted octanol–water partition coefficient (Wildman–Crippen LogP) is 5.82. The number of carbonyl (C=O) groups excluding carboxylic acids is 1. The Kier molecular flexibility index (Phi) is 9.08. The molecule has 0 aliphatic carbocycles. The molecule has 4 nitrogen and oxygen atoms in total. The van der Waals surface area contributed by atoms with Gasteiger partial charge in [0.2, 0.25) is 0 Å². The van der Waals surface area contributed by atoms with E-state index in [1.807, 2.05) is 24.3 Å². The number of rotatable bonds is 9. The summed E-state index contributed by atoms with van der Waals surface area (Å²) in [5, 5.41) is 6.37. The predicted molar refractivity (Wildman–Crippen MR) is 116 cm³/mol. The van der Waals surface area contributed by atoms with E-state index in [1.54, 1.807) is 24.3 Å². The van der Waals surface area contributed by atoms with E-state index >= 15 is 0 Å². The molecule has 0 saturated heterocycles. The molecule has 0 heterocycles. The van der Waals surface area contributed by atoms with Crippen molar-refractivity contribution in [1.82, 2.24) is 5.32 Å². The van der Waals surface area contributed by atoms with Gasteiger partial charge < -0.3 is 10.1 Å². The van der Waals surface area contributed by atoms with Crippen LogP contribution in [-0.2, 0) is 0 Å². The van der Waals surface area contributed by atoms with Crippen LogP contribution in [-0.4, -0.2) is 17.6 Å². The van der Waals surface area contributed by atoms with E-state index in [1.165, 1.54) is 25.7 Å². The van der Waals surface area contributed by atoms with E-state index in [0.717, 1.165) is 17.9 Å². The molecule has 2 N–H and O–H groups in total. The number of benzene rings is 2. The van der Waals surface area contributed by atoms with E-state index in [-0.39, 0.29) is 11.0 Å². The van der Waals surface area contributed by atoms with Gasteiger partial charge in [-0.05, 0) is 49.0 Å². The first-order valence-electron chi connectivity index (χ1n) is 9.19. The first-order chi connectivity index (χ1) is 13.1. The lowest BCUT2D eigenvalue weighted by Gasteiger charge is -2.11. The lowest BCUT2D eigenvalue weighted by molar-refractivity contribution is 0.0977. The minimum absolute atomic E-state index is 0.219. The number of thiocarbonyl (C=S) groups is 1.